The normalized spacial score (nSPS) is 23.3. The Kier molecular flexibility index (Phi) is 14.7. The van der Waals surface area contributed by atoms with Gasteiger partial charge in [-0.1, -0.05) is 60.7 Å². The van der Waals surface area contributed by atoms with Gasteiger partial charge in [-0.15, -0.1) is 0 Å². The molecule has 15 heteroatoms. The quantitative estimate of drug-likeness (QED) is 0.178. The van der Waals surface area contributed by atoms with Gasteiger partial charge in [0.05, 0.1) is 9.79 Å². The molecule has 2 aromatic rings. The number of hydrogen-bond acceptors (Lipinski definition) is 7. The summed E-state index contributed by atoms with van der Waals surface area (Å²) in [5, 5.41) is 0. The molecule has 0 amide bonds. The average molecular weight is 690 g/mol. The summed E-state index contributed by atoms with van der Waals surface area (Å²) in [7, 11) is -2.74. The largest absolute Gasteiger partial charge is 1.00 e. The van der Waals surface area contributed by atoms with Gasteiger partial charge in [-0.2, -0.15) is 0 Å². The molecule has 0 bridgehead atoms. The molecule has 0 N–H and O–H groups in total. The molecule has 2 fully saturated rings. The summed E-state index contributed by atoms with van der Waals surface area (Å²) >= 11 is 14.6. The third-order valence-electron chi connectivity index (χ3n) is 6.80. The minimum Gasteiger partial charge on any atom is -0.744 e. The Morgan fingerprint density at radius 3 is 1.51 bits per heavy atom. The van der Waals surface area contributed by atoms with Crippen molar-refractivity contribution in [1.29, 1.82) is 0 Å². The molecule has 6 rings (SSSR count). The van der Waals surface area contributed by atoms with Gasteiger partial charge in [0.15, 0.2) is 5.98 Å². The Labute approximate surface area is 273 Å². The van der Waals surface area contributed by atoms with Crippen molar-refractivity contribution in [1.82, 2.24) is 0 Å². The van der Waals surface area contributed by atoms with E-state index in [4.69, 9.17) is 53.9 Å². The Balaban J connectivity index is 0.000000322. The van der Waals surface area contributed by atoms with E-state index in [1.54, 1.807) is 12.1 Å². The SMILES string of the molecule is C.C.ClP(Cl)Cl.O=S(=O)(Cl)c1ccc2c(c1)OC1CCCC21.O=S(=O)([O-])c1ccc2c(c1)OC1CCCC21.[Na+]. The molecule has 2 saturated carbocycles. The fraction of sp³-hybridized carbons (Fsp3) is 0.500. The van der Waals surface area contributed by atoms with E-state index >= 15 is 0 Å². The minimum atomic E-state index is -4.38. The van der Waals surface area contributed by atoms with Crippen LogP contribution in [0.3, 0.4) is 0 Å². The predicted molar refractivity (Wildman–Crippen MR) is 154 cm³/mol. The smallest absolute Gasteiger partial charge is 0.744 e. The van der Waals surface area contributed by atoms with Crippen LogP contribution in [0, 0.1) is 0 Å². The minimum absolute atomic E-state index is 0. The van der Waals surface area contributed by atoms with Crippen molar-refractivity contribution in [3.05, 3.63) is 47.5 Å². The zero-order valence-corrected chi connectivity index (χ0v) is 27.2. The van der Waals surface area contributed by atoms with Crippen LogP contribution in [0.5, 0.6) is 11.5 Å². The Bertz CT molecular complexity index is 1240. The molecule has 2 aliphatic heterocycles. The molecule has 4 atom stereocenters. The first-order valence-corrected chi connectivity index (χ1v) is 18.9. The summed E-state index contributed by atoms with van der Waals surface area (Å²) in [4.78, 5) is -0.0842. The predicted octanol–water partition coefficient (Wildman–Crippen LogP) is 5.47. The molecule has 2 heterocycles. The van der Waals surface area contributed by atoms with Crippen LogP contribution in [-0.2, 0) is 19.2 Å². The van der Waals surface area contributed by atoms with Gasteiger partial charge in [0.1, 0.15) is 33.8 Å². The maximum atomic E-state index is 11.2. The van der Waals surface area contributed by atoms with Crippen molar-refractivity contribution in [3.63, 3.8) is 0 Å². The molecule has 0 spiro atoms. The molecular weight excluding hydrogens is 660 g/mol. The monoisotopic (exact) mass is 688 g/mol. The van der Waals surface area contributed by atoms with Crippen molar-refractivity contribution in [2.45, 2.75) is 87.2 Å². The average Bonchev–Trinajstić information content (AvgIpc) is 3.52. The summed E-state index contributed by atoms with van der Waals surface area (Å²) in [6, 6.07) is 9.39. The van der Waals surface area contributed by atoms with Gasteiger partial charge in [0.2, 0.25) is 0 Å². The van der Waals surface area contributed by atoms with E-state index < -0.39 is 25.1 Å². The maximum absolute atomic E-state index is 11.2. The van der Waals surface area contributed by atoms with Crippen LogP contribution in [-0.4, -0.2) is 33.6 Å². The zero-order valence-electron chi connectivity index (χ0n) is 19.6. The molecule has 0 aromatic heterocycles. The van der Waals surface area contributed by atoms with Crippen LogP contribution >= 0.6 is 50.4 Å². The van der Waals surface area contributed by atoms with Crippen molar-refractivity contribution < 1.29 is 60.4 Å². The molecule has 214 valence electrons. The fourth-order valence-corrected chi connectivity index (χ4v) is 6.58. The first kappa shape index (κ1) is 37.5. The summed E-state index contributed by atoms with van der Waals surface area (Å²) in [5.41, 5.74) is 2.18. The fourth-order valence-electron chi connectivity index (χ4n) is 5.33. The van der Waals surface area contributed by atoms with E-state index in [1.807, 2.05) is 6.07 Å². The molecule has 7 nitrogen and oxygen atoms in total. The summed E-state index contributed by atoms with van der Waals surface area (Å²) < 4.78 is 66.4. The molecule has 4 aliphatic rings. The van der Waals surface area contributed by atoms with Gasteiger partial charge in [0.25, 0.3) is 9.05 Å². The third kappa shape index (κ3) is 9.24. The van der Waals surface area contributed by atoms with Gasteiger partial charge in [-0.05, 0) is 56.7 Å². The van der Waals surface area contributed by atoms with Gasteiger partial charge < -0.3 is 14.0 Å². The van der Waals surface area contributed by atoms with Gasteiger partial charge >= 0.3 is 29.6 Å². The van der Waals surface area contributed by atoms with Gasteiger partial charge in [-0.25, -0.2) is 16.8 Å². The van der Waals surface area contributed by atoms with Crippen LogP contribution < -0.4 is 39.0 Å². The van der Waals surface area contributed by atoms with E-state index in [0.29, 0.717) is 23.3 Å². The van der Waals surface area contributed by atoms with Crippen molar-refractivity contribution in [2.24, 2.45) is 0 Å². The van der Waals surface area contributed by atoms with Gasteiger partial charge in [-0.3, -0.25) is 0 Å². The zero-order chi connectivity index (χ0) is 26.3. The molecule has 0 saturated heterocycles. The first-order chi connectivity index (χ1) is 16.8. The van der Waals surface area contributed by atoms with Crippen LogP contribution in [0.1, 0.15) is 76.3 Å². The molecular formula is C24H30Cl4NaO7PS2. The Morgan fingerprint density at radius 2 is 1.13 bits per heavy atom. The molecule has 0 radical (unpaired) electrons. The molecule has 4 unspecified atom stereocenters. The number of halogens is 4. The third-order valence-corrected chi connectivity index (χ3v) is 8.98. The van der Waals surface area contributed by atoms with E-state index in [-0.39, 0.29) is 66.4 Å². The Hall–Kier alpha value is 0.490. The van der Waals surface area contributed by atoms with Gasteiger partial charge in [0, 0.05) is 39.7 Å². The van der Waals surface area contributed by atoms with Crippen LogP contribution in [0.15, 0.2) is 46.2 Å². The number of rotatable bonds is 2. The van der Waals surface area contributed by atoms with Crippen LogP contribution in [0.25, 0.3) is 0 Å². The topological polar surface area (TPSA) is 110 Å². The summed E-state index contributed by atoms with van der Waals surface area (Å²) in [6.07, 6.45) is 7.04. The maximum Gasteiger partial charge on any atom is 1.00 e. The molecule has 39 heavy (non-hydrogen) atoms. The standard InChI is InChI=1S/C11H11ClO3S.C11H12O4S.2CH4.Cl3P.Na/c2*12-16(13,14)7-4-5-9-8-2-1-3-10(8)15-11(9)6-7;;;1-4(2)3;/h4-6,8,10H,1-3H2;4-6,8,10H,1-3H2,(H,12,13,14);2*1H4;;/q;;;;;+1/p-1. The molecule has 2 aliphatic carbocycles. The van der Waals surface area contributed by atoms with E-state index in [0.717, 1.165) is 43.2 Å². The van der Waals surface area contributed by atoms with Crippen molar-refractivity contribution in [2.75, 3.05) is 0 Å². The van der Waals surface area contributed by atoms with E-state index in [2.05, 4.69) is 0 Å². The number of fused-ring (bicyclic) bond motifs is 6. The number of ether oxygens (including phenoxy) is 2. The second kappa shape index (κ2) is 15.3. The first-order valence-electron chi connectivity index (χ1n) is 11.1. The van der Waals surface area contributed by atoms with Crippen LogP contribution in [0.2, 0.25) is 0 Å². The van der Waals surface area contributed by atoms with Crippen LogP contribution in [0.4, 0.5) is 0 Å². The van der Waals surface area contributed by atoms with Crippen molar-refractivity contribution >= 4 is 69.6 Å². The summed E-state index contributed by atoms with van der Waals surface area (Å²) in [6.45, 7) is 0. The van der Waals surface area contributed by atoms with E-state index in [9.17, 15) is 21.4 Å². The summed E-state index contributed by atoms with van der Waals surface area (Å²) in [5.74, 6) is 0.897. The second-order valence-electron chi connectivity index (χ2n) is 8.87. The number of hydrogen-bond donors (Lipinski definition) is 0. The van der Waals surface area contributed by atoms with E-state index in [1.165, 1.54) is 24.6 Å². The van der Waals surface area contributed by atoms with Crippen molar-refractivity contribution in [3.8, 4) is 11.5 Å². The Morgan fingerprint density at radius 1 is 0.744 bits per heavy atom. The molecule has 2 aromatic carbocycles. The number of benzene rings is 2. The second-order valence-corrected chi connectivity index (χ2v) is 17.8.